The molecule has 0 aliphatic carbocycles. The molecule has 1 N–H and O–H groups in total. The summed E-state index contributed by atoms with van der Waals surface area (Å²) in [5, 5.41) is 0. The van der Waals surface area contributed by atoms with Crippen LogP contribution in [0.4, 0.5) is 0 Å². The maximum Gasteiger partial charge on any atom is 0.138 e. The number of pyridine rings is 1. The highest BCUT2D eigenvalue weighted by Crippen LogP contribution is 2.37. The number of hydrogen-bond acceptors (Lipinski definition) is 4. The first-order valence-corrected chi connectivity index (χ1v) is 6.49. The van der Waals surface area contributed by atoms with E-state index in [9.17, 15) is 0 Å². The lowest BCUT2D eigenvalue weighted by Gasteiger charge is -2.08. The standard InChI is InChI=1S/C15H13N3O2.ClH/c1-19-13-6-9(7-14-10(13)3-5-20-14)15-17-11-2-4-16-8-12(11)18-15;/h2,4,6-8H,3,5H2,1H3,(H,17,18);1H. The molecule has 0 atom stereocenters. The lowest BCUT2D eigenvalue weighted by atomic mass is 10.1. The molecule has 0 fully saturated rings. The molecule has 0 radical (unpaired) electrons. The minimum Gasteiger partial charge on any atom is -0.496 e. The SMILES string of the molecule is COc1cc(-c2nc3cnccc3[nH]2)cc2c1CCO2.Cl. The summed E-state index contributed by atoms with van der Waals surface area (Å²) in [7, 11) is 1.68. The summed E-state index contributed by atoms with van der Waals surface area (Å²) in [6.45, 7) is 0.708. The van der Waals surface area contributed by atoms with Crippen molar-refractivity contribution in [1.29, 1.82) is 0 Å². The Kier molecular flexibility index (Phi) is 3.43. The Hall–Kier alpha value is -2.27. The van der Waals surface area contributed by atoms with Gasteiger partial charge < -0.3 is 14.5 Å². The smallest absolute Gasteiger partial charge is 0.138 e. The highest BCUT2D eigenvalue weighted by atomic mass is 35.5. The minimum absolute atomic E-state index is 0. The molecule has 1 aromatic carbocycles. The third-order valence-corrected chi connectivity index (χ3v) is 3.56. The number of nitrogens with one attached hydrogen (secondary N) is 1. The van der Waals surface area contributed by atoms with E-state index in [0.717, 1.165) is 45.9 Å². The number of hydrogen-bond donors (Lipinski definition) is 1. The Bertz CT molecular complexity index is 768. The van der Waals surface area contributed by atoms with Gasteiger partial charge in [0.25, 0.3) is 0 Å². The average Bonchev–Trinajstić information content (AvgIpc) is 3.12. The number of fused-ring (bicyclic) bond motifs is 2. The van der Waals surface area contributed by atoms with Crippen LogP contribution >= 0.6 is 12.4 Å². The van der Waals surface area contributed by atoms with Crippen LogP contribution in [0, 0.1) is 0 Å². The number of rotatable bonds is 2. The van der Waals surface area contributed by atoms with Gasteiger partial charge in [-0.2, -0.15) is 0 Å². The van der Waals surface area contributed by atoms with Crippen LogP contribution in [-0.2, 0) is 6.42 Å². The lowest BCUT2D eigenvalue weighted by Crippen LogP contribution is -1.91. The number of halogens is 1. The number of aromatic nitrogens is 3. The normalized spacial score (nSPS) is 12.6. The minimum atomic E-state index is 0. The van der Waals surface area contributed by atoms with E-state index in [1.165, 1.54) is 0 Å². The molecule has 6 heteroatoms. The molecule has 108 valence electrons. The molecule has 0 amide bonds. The second-order valence-corrected chi connectivity index (χ2v) is 4.73. The first kappa shape index (κ1) is 13.7. The molecule has 1 aliphatic rings. The second kappa shape index (κ2) is 5.26. The third kappa shape index (κ3) is 2.19. The van der Waals surface area contributed by atoms with E-state index in [2.05, 4.69) is 15.0 Å². The van der Waals surface area contributed by atoms with E-state index < -0.39 is 0 Å². The topological polar surface area (TPSA) is 60.0 Å². The molecular weight excluding hydrogens is 290 g/mol. The number of ether oxygens (including phenoxy) is 2. The average molecular weight is 304 g/mol. The van der Waals surface area contributed by atoms with Gasteiger partial charge in [0.1, 0.15) is 22.8 Å². The maximum atomic E-state index is 5.64. The summed E-state index contributed by atoms with van der Waals surface area (Å²) >= 11 is 0. The van der Waals surface area contributed by atoms with Gasteiger partial charge in [0.05, 0.1) is 25.4 Å². The van der Waals surface area contributed by atoms with Crippen LogP contribution in [0.3, 0.4) is 0 Å². The van der Waals surface area contributed by atoms with Crippen LogP contribution in [0.1, 0.15) is 5.56 Å². The Morgan fingerprint density at radius 2 is 2.24 bits per heavy atom. The van der Waals surface area contributed by atoms with Gasteiger partial charge in [-0.25, -0.2) is 4.98 Å². The van der Waals surface area contributed by atoms with Gasteiger partial charge in [-0.15, -0.1) is 12.4 Å². The predicted octanol–water partition coefficient (Wildman–Crippen LogP) is 2.99. The molecule has 2 aromatic heterocycles. The van der Waals surface area contributed by atoms with Crippen LogP contribution < -0.4 is 9.47 Å². The molecule has 0 saturated carbocycles. The highest BCUT2D eigenvalue weighted by molar-refractivity contribution is 5.85. The third-order valence-electron chi connectivity index (χ3n) is 3.56. The van der Waals surface area contributed by atoms with Gasteiger partial charge in [0, 0.05) is 23.7 Å². The fraction of sp³-hybridized carbons (Fsp3) is 0.200. The quantitative estimate of drug-likeness (QED) is 0.790. The van der Waals surface area contributed by atoms with Crippen molar-refractivity contribution in [3.05, 3.63) is 36.2 Å². The van der Waals surface area contributed by atoms with E-state index in [1.54, 1.807) is 19.5 Å². The largest absolute Gasteiger partial charge is 0.496 e. The monoisotopic (exact) mass is 303 g/mol. The Balaban J connectivity index is 0.00000132. The summed E-state index contributed by atoms with van der Waals surface area (Å²) in [4.78, 5) is 11.9. The van der Waals surface area contributed by atoms with Crippen molar-refractivity contribution in [2.45, 2.75) is 6.42 Å². The first-order valence-electron chi connectivity index (χ1n) is 6.49. The lowest BCUT2D eigenvalue weighted by molar-refractivity contribution is 0.357. The van der Waals surface area contributed by atoms with Crippen LogP contribution in [0.15, 0.2) is 30.6 Å². The number of benzene rings is 1. The van der Waals surface area contributed by atoms with Gasteiger partial charge in [-0.3, -0.25) is 4.98 Å². The Morgan fingerprint density at radius 1 is 1.33 bits per heavy atom. The van der Waals surface area contributed by atoms with E-state index in [0.29, 0.717) is 6.61 Å². The van der Waals surface area contributed by atoms with E-state index in [4.69, 9.17) is 9.47 Å². The number of nitrogens with zero attached hydrogens (tertiary/aromatic N) is 2. The summed E-state index contributed by atoms with van der Waals surface area (Å²) in [5.41, 5.74) is 3.91. The summed E-state index contributed by atoms with van der Waals surface area (Å²) in [5.74, 6) is 2.54. The molecule has 4 rings (SSSR count). The van der Waals surface area contributed by atoms with E-state index in [1.807, 2.05) is 18.2 Å². The first-order chi connectivity index (χ1) is 9.85. The zero-order valence-electron chi connectivity index (χ0n) is 11.4. The summed E-state index contributed by atoms with van der Waals surface area (Å²) in [6.07, 6.45) is 4.38. The molecule has 0 bridgehead atoms. The maximum absolute atomic E-state index is 5.64. The van der Waals surface area contributed by atoms with E-state index >= 15 is 0 Å². The van der Waals surface area contributed by atoms with Gasteiger partial charge in [-0.05, 0) is 18.2 Å². The number of imidazole rings is 1. The van der Waals surface area contributed by atoms with E-state index in [-0.39, 0.29) is 12.4 Å². The van der Waals surface area contributed by atoms with Crippen LogP contribution in [0.2, 0.25) is 0 Å². The molecular formula is C15H14ClN3O2. The van der Waals surface area contributed by atoms with Crippen molar-refractivity contribution in [2.24, 2.45) is 0 Å². The molecule has 1 aliphatic heterocycles. The summed E-state index contributed by atoms with van der Waals surface area (Å²) < 4.78 is 11.1. The van der Waals surface area contributed by atoms with Gasteiger partial charge in [0.15, 0.2) is 0 Å². The van der Waals surface area contributed by atoms with Crippen molar-refractivity contribution in [3.63, 3.8) is 0 Å². The van der Waals surface area contributed by atoms with Gasteiger partial charge in [0.2, 0.25) is 0 Å². The zero-order valence-corrected chi connectivity index (χ0v) is 12.2. The Morgan fingerprint density at radius 3 is 3.05 bits per heavy atom. The molecule has 0 unspecified atom stereocenters. The summed E-state index contributed by atoms with van der Waals surface area (Å²) in [6, 6.07) is 5.92. The van der Waals surface area contributed by atoms with Gasteiger partial charge >= 0.3 is 0 Å². The van der Waals surface area contributed by atoms with Crippen molar-refractivity contribution in [1.82, 2.24) is 15.0 Å². The van der Waals surface area contributed by atoms with Gasteiger partial charge in [-0.1, -0.05) is 0 Å². The fourth-order valence-electron chi connectivity index (χ4n) is 2.57. The number of H-pyrrole nitrogens is 1. The molecule has 0 spiro atoms. The molecule has 3 aromatic rings. The molecule has 0 saturated heterocycles. The molecule has 5 nitrogen and oxygen atoms in total. The fourth-order valence-corrected chi connectivity index (χ4v) is 2.57. The molecule has 3 heterocycles. The van der Waals surface area contributed by atoms with Crippen LogP contribution in [0.5, 0.6) is 11.5 Å². The predicted molar refractivity (Wildman–Crippen MR) is 82.3 cm³/mol. The van der Waals surface area contributed by atoms with Crippen molar-refractivity contribution in [2.75, 3.05) is 13.7 Å². The van der Waals surface area contributed by atoms with Crippen molar-refractivity contribution in [3.8, 4) is 22.9 Å². The zero-order chi connectivity index (χ0) is 13.5. The Labute approximate surface area is 127 Å². The van der Waals surface area contributed by atoms with Crippen molar-refractivity contribution >= 4 is 23.4 Å². The van der Waals surface area contributed by atoms with Crippen LogP contribution in [-0.4, -0.2) is 28.7 Å². The van der Waals surface area contributed by atoms with Crippen LogP contribution in [0.25, 0.3) is 22.4 Å². The number of aromatic amines is 1. The highest BCUT2D eigenvalue weighted by Gasteiger charge is 2.19. The molecule has 21 heavy (non-hydrogen) atoms. The second-order valence-electron chi connectivity index (χ2n) is 4.73. The number of methoxy groups -OCH3 is 1. The van der Waals surface area contributed by atoms with Crippen molar-refractivity contribution < 1.29 is 9.47 Å².